The van der Waals surface area contributed by atoms with E-state index in [9.17, 15) is 0 Å². The van der Waals surface area contributed by atoms with Crippen LogP contribution in [-0.4, -0.2) is 9.97 Å². The molecule has 7 aromatic carbocycles. The summed E-state index contributed by atoms with van der Waals surface area (Å²) in [7, 11) is 0. The van der Waals surface area contributed by atoms with E-state index in [-0.39, 0.29) is 5.41 Å². The third-order valence-corrected chi connectivity index (χ3v) is 11.9. The van der Waals surface area contributed by atoms with Gasteiger partial charge in [0.15, 0.2) is 5.82 Å². The van der Waals surface area contributed by atoms with Crippen molar-refractivity contribution in [1.29, 1.82) is 0 Å². The van der Waals surface area contributed by atoms with Crippen molar-refractivity contribution in [2.45, 2.75) is 19.3 Å². The van der Waals surface area contributed by atoms with Crippen molar-refractivity contribution in [1.82, 2.24) is 9.97 Å². The van der Waals surface area contributed by atoms with Gasteiger partial charge in [-0.05, 0) is 62.7 Å². The zero-order valence-corrected chi connectivity index (χ0v) is 29.8. The molecule has 0 aliphatic heterocycles. The molecule has 0 atom stereocenters. The van der Waals surface area contributed by atoms with Gasteiger partial charge in [0, 0.05) is 42.3 Å². The molecule has 3 heteroatoms. The van der Waals surface area contributed by atoms with Crippen molar-refractivity contribution in [3.63, 3.8) is 0 Å². The number of rotatable bonds is 5. The fourth-order valence-corrected chi connectivity index (χ4v) is 9.32. The quantitative estimate of drug-likeness (QED) is 0.181. The molecule has 0 unspecified atom stereocenters. The molecule has 52 heavy (non-hydrogen) atoms. The predicted molar refractivity (Wildman–Crippen MR) is 220 cm³/mol. The maximum Gasteiger partial charge on any atom is 0.160 e. The Hall–Kier alpha value is -6.16. The second-order valence-corrected chi connectivity index (χ2v) is 15.2. The maximum atomic E-state index is 5.33. The summed E-state index contributed by atoms with van der Waals surface area (Å²) in [5, 5.41) is 2.52. The molecular formula is C49H34N2S. The number of hydrogen-bond donors (Lipinski definition) is 0. The van der Waals surface area contributed by atoms with Crippen LogP contribution in [0.3, 0.4) is 0 Å². The first-order valence-corrected chi connectivity index (χ1v) is 18.6. The normalized spacial score (nSPS) is 13.0. The van der Waals surface area contributed by atoms with Crippen LogP contribution in [0.25, 0.3) is 87.5 Å². The lowest BCUT2D eigenvalue weighted by Crippen LogP contribution is -2.14. The molecule has 0 radical (unpaired) electrons. The number of benzene rings is 7. The molecule has 2 nitrogen and oxygen atoms in total. The predicted octanol–water partition coefficient (Wildman–Crippen LogP) is 13.5. The maximum absolute atomic E-state index is 5.33. The number of nitrogens with zero attached hydrogens (tertiary/aromatic N) is 2. The minimum Gasteiger partial charge on any atom is -0.228 e. The first kappa shape index (κ1) is 30.6. The van der Waals surface area contributed by atoms with E-state index in [0.29, 0.717) is 0 Å². The summed E-state index contributed by atoms with van der Waals surface area (Å²) in [6.07, 6.45) is 0. The van der Waals surface area contributed by atoms with E-state index in [1.165, 1.54) is 53.6 Å². The minimum absolute atomic E-state index is 0.0365. The highest BCUT2D eigenvalue weighted by Gasteiger charge is 2.35. The highest BCUT2D eigenvalue weighted by Crippen LogP contribution is 2.50. The monoisotopic (exact) mass is 682 g/mol. The largest absolute Gasteiger partial charge is 0.228 e. The van der Waals surface area contributed by atoms with Gasteiger partial charge in [0.25, 0.3) is 0 Å². The average Bonchev–Trinajstić information content (AvgIpc) is 3.70. The van der Waals surface area contributed by atoms with Crippen LogP contribution < -0.4 is 0 Å². The third-order valence-electron chi connectivity index (χ3n) is 10.7. The molecule has 2 aromatic heterocycles. The van der Waals surface area contributed by atoms with Crippen molar-refractivity contribution in [3.05, 3.63) is 181 Å². The van der Waals surface area contributed by atoms with Gasteiger partial charge in [-0.3, -0.25) is 0 Å². The highest BCUT2D eigenvalue weighted by atomic mass is 32.1. The summed E-state index contributed by atoms with van der Waals surface area (Å²) in [6, 6.07) is 61.1. The van der Waals surface area contributed by atoms with Gasteiger partial charge < -0.3 is 0 Å². The van der Waals surface area contributed by atoms with E-state index in [4.69, 9.17) is 9.97 Å². The summed E-state index contributed by atoms with van der Waals surface area (Å²) in [5.74, 6) is 0.720. The van der Waals surface area contributed by atoms with Crippen molar-refractivity contribution in [2.75, 3.05) is 0 Å². The average molecular weight is 683 g/mol. The topological polar surface area (TPSA) is 25.8 Å². The molecule has 0 saturated heterocycles. The Balaban J connectivity index is 1.15. The fraction of sp³-hybridized carbons (Fsp3) is 0.0612. The van der Waals surface area contributed by atoms with Crippen molar-refractivity contribution >= 4 is 31.5 Å². The molecule has 2 heterocycles. The van der Waals surface area contributed by atoms with Gasteiger partial charge in [0.05, 0.1) is 11.4 Å². The lowest BCUT2D eigenvalue weighted by molar-refractivity contribution is 0.660. The van der Waals surface area contributed by atoms with Crippen LogP contribution in [0.15, 0.2) is 170 Å². The van der Waals surface area contributed by atoms with E-state index >= 15 is 0 Å². The van der Waals surface area contributed by atoms with E-state index in [1.54, 1.807) is 0 Å². The molecule has 10 rings (SSSR count). The lowest BCUT2D eigenvalue weighted by atomic mass is 9.81. The van der Waals surface area contributed by atoms with Gasteiger partial charge in [0.1, 0.15) is 0 Å². The zero-order chi connectivity index (χ0) is 34.8. The fourth-order valence-electron chi connectivity index (χ4n) is 8.06. The Labute approximate surface area is 307 Å². The van der Waals surface area contributed by atoms with Crippen molar-refractivity contribution in [3.8, 4) is 67.3 Å². The van der Waals surface area contributed by atoms with Crippen molar-refractivity contribution in [2.24, 2.45) is 0 Å². The SMILES string of the molecule is CC1(C)c2ccccc2-c2ccc(-c3ccc(-c4ccc5c(sc6ccccc65)c4-c4cc(-c5ccccc5)nc(-c5ccccc5)n4)cc3)cc21. The van der Waals surface area contributed by atoms with Gasteiger partial charge in [-0.15, -0.1) is 11.3 Å². The zero-order valence-electron chi connectivity index (χ0n) is 29.0. The van der Waals surface area contributed by atoms with Crippen molar-refractivity contribution < 1.29 is 0 Å². The van der Waals surface area contributed by atoms with E-state index in [1.807, 2.05) is 35.6 Å². The van der Waals surface area contributed by atoms with Crippen LogP contribution in [0.4, 0.5) is 0 Å². The van der Waals surface area contributed by atoms with Gasteiger partial charge in [-0.1, -0.05) is 166 Å². The molecule has 0 saturated carbocycles. The summed E-state index contributed by atoms with van der Waals surface area (Å²) >= 11 is 1.84. The molecule has 0 bridgehead atoms. The van der Waals surface area contributed by atoms with E-state index in [0.717, 1.165) is 45.0 Å². The Morgan fingerprint density at radius 3 is 1.85 bits per heavy atom. The number of aromatic nitrogens is 2. The number of hydrogen-bond acceptors (Lipinski definition) is 3. The number of thiophene rings is 1. The Bertz CT molecular complexity index is 2740. The van der Waals surface area contributed by atoms with Crippen LogP contribution >= 0.6 is 11.3 Å². The Kier molecular flexibility index (Phi) is 7.06. The van der Waals surface area contributed by atoms with Crippen LogP contribution in [0, 0.1) is 0 Å². The molecule has 0 fully saturated rings. The Morgan fingerprint density at radius 2 is 1.04 bits per heavy atom. The second-order valence-electron chi connectivity index (χ2n) is 14.2. The van der Waals surface area contributed by atoms with Gasteiger partial charge in [-0.2, -0.15) is 0 Å². The summed E-state index contributed by atoms with van der Waals surface area (Å²) in [6.45, 7) is 4.69. The lowest BCUT2D eigenvalue weighted by Gasteiger charge is -2.22. The molecule has 0 amide bonds. The molecular weight excluding hydrogens is 649 g/mol. The minimum atomic E-state index is -0.0365. The molecule has 0 N–H and O–H groups in total. The van der Waals surface area contributed by atoms with Crippen LogP contribution in [0.1, 0.15) is 25.0 Å². The summed E-state index contributed by atoms with van der Waals surface area (Å²) < 4.78 is 2.51. The standard InChI is InChI=1S/C49H34N2S/c1-49(2)41-19-11-9-17-37(41)38-26-25-35(29-42(38)49)31-21-23-32(24-22-31)36-27-28-40-39-18-10-12-20-45(39)52-47(40)46(36)44-30-43(33-13-5-3-6-14-33)50-48(51-44)34-15-7-4-8-16-34/h3-30H,1-2H3. The summed E-state index contributed by atoms with van der Waals surface area (Å²) in [4.78, 5) is 10.4. The first-order chi connectivity index (χ1) is 25.5. The van der Waals surface area contributed by atoms with Gasteiger partial charge >= 0.3 is 0 Å². The van der Waals surface area contributed by atoms with Crippen LogP contribution in [-0.2, 0) is 5.41 Å². The van der Waals surface area contributed by atoms with Gasteiger partial charge in [0.2, 0.25) is 0 Å². The Morgan fingerprint density at radius 1 is 0.423 bits per heavy atom. The summed E-state index contributed by atoms with van der Waals surface area (Å²) in [5.41, 5.74) is 15.2. The molecule has 0 spiro atoms. The smallest absolute Gasteiger partial charge is 0.160 e. The van der Waals surface area contributed by atoms with Crippen LogP contribution in [0.5, 0.6) is 0 Å². The third kappa shape index (κ3) is 4.92. The molecule has 9 aromatic rings. The first-order valence-electron chi connectivity index (χ1n) is 17.8. The molecule has 246 valence electrons. The number of fused-ring (bicyclic) bond motifs is 6. The van der Waals surface area contributed by atoms with E-state index < -0.39 is 0 Å². The van der Waals surface area contributed by atoms with Gasteiger partial charge in [-0.25, -0.2) is 9.97 Å². The molecule has 1 aliphatic carbocycles. The molecule has 1 aliphatic rings. The second kappa shape index (κ2) is 12.0. The highest BCUT2D eigenvalue weighted by molar-refractivity contribution is 7.26. The van der Waals surface area contributed by atoms with Crippen LogP contribution in [0.2, 0.25) is 0 Å². The van der Waals surface area contributed by atoms with E-state index in [2.05, 4.69) is 159 Å².